The van der Waals surface area contributed by atoms with Gasteiger partial charge in [0.2, 0.25) is 5.91 Å². The largest absolute Gasteiger partial charge is 0.392 e. The number of rotatable bonds is 3. The molecule has 0 bridgehead atoms. The number of likely N-dealkylation sites (tertiary alicyclic amines) is 1. The first kappa shape index (κ1) is 17.4. The summed E-state index contributed by atoms with van der Waals surface area (Å²) in [6, 6.07) is 8.65. The van der Waals surface area contributed by atoms with Crippen molar-refractivity contribution in [1.29, 1.82) is 0 Å². The number of aliphatic hydroxyl groups is 1. The van der Waals surface area contributed by atoms with Crippen LogP contribution in [0.15, 0.2) is 24.3 Å². The molecule has 4 nitrogen and oxygen atoms in total. The number of piperidine rings is 1. The third-order valence-corrected chi connectivity index (χ3v) is 6.23. The van der Waals surface area contributed by atoms with E-state index in [2.05, 4.69) is 44.0 Å². The topological polar surface area (TPSA) is 43.8 Å². The molecule has 1 aromatic rings. The molecule has 0 saturated carbocycles. The van der Waals surface area contributed by atoms with Gasteiger partial charge in [-0.05, 0) is 32.0 Å². The standard InChI is InChI=1S/C20H30N2O2/c1-6-22(7-2)19(24)14-12-21(5)18-16(17(14)23)13-10-8-9-11-15(13)20(18,3)4/h8-11,14,16-18,23H,6-7,12H2,1-5H3/t14-,16-,17-,18+/m1/s1. The molecule has 1 aromatic carbocycles. The number of carbonyl (C=O) groups is 1. The number of fused-ring (bicyclic) bond motifs is 3. The summed E-state index contributed by atoms with van der Waals surface area (Å²) in [6.45, 7) is 10.5. The summed E-state index contributed by atoms with van der Waals surface area (Å²) in [6.07, 6.45) is -0.623. The number of amides is 1. The van der Waals surface area contributed by atoms with Crippen molar-refractivity contribution in [2.24, 2.45) is 5.92 Å². The van der Waals surface area contributed by atoms with Gasteiger partial charge >= 0.3 is 0 Å². The number of aliphatic hydroxyl groups excluding tert-OH is 1. The van der Waals surface area contributed by atoms with Crippen LogP contribution in [0.2, 0.25) is 0 Å². The van der Waals surface area contributed by atoms with Crippen LogP contribution in [0, 0.1) is 5.92 Å². The van der Waals surface area contributed by atoms with E-state index in [1.807, 2.05) is 24.8 Å². The molecular weight excluding hydrogens is 300 g/mol. The maximum absolute atomic E-state index is 12.9. The summed E-state index contributed by atoms with van der Waals surface area (Å²) < 4.78 is 0. The molecule has 0 unspecified atom stereocenters. The summed E-state index contributed by atoms with van der Waals surface area (Å²) >= 11 is 0. The van der Waals surface area contributed by atoms with Crippen molar-refractivity contribution < 1.29 is 9.90 Å². The normalized spacial score (nSPS) is 31.4. The van der Waals surface area contributed by atoms with Crippen molar-refractivity contribution >= 4 is 5.91 Å². The molecular formula is C20H30N2O2. The number of hydrogen-bond donors (Lipinski definition) is 1. The first-order valence-electron chi connectivity index (χ1n) is 9.11. The van der Waals surface area contributed by atoms with E-state index in [-0.39, 0.29) is 29.2 Å². The highest BCUT2D eigenvalue weighted by Crippen LogP contribution is 2.52. The van der Waals surface area contributed by atoms with Crippen LogP contribution in [0.5, 0.6) is 0 Å². The zero-order valence-corrected chi connectivity index (χ0v) is 15.5. The SMILES string of the molecule is CCN(CC)C(=O)[C@@H]1CN(C)[C@H]2[C@H](c3ccccc3C2(C)C)[C@@H]1O. The fraction of sp³-hybridized carbons (Fsp3) is 0.650. The van der Waals surface area contributed by atoms with Gasteiger partial charge in [0, 0.05) is 37.0 Å². The van der Waals surface area contributed by atoms with Crippen LogP contribution in [-0.4, -0.2) is 59.6 Å². The molecule has 0 radical (unpaired) electrons. The highest BCUT2D eigenvalue weighted by Gasteiger charge is 2.56. The van der Waals surface area contributed by atoms with Gasteiger partial charge in [-0.3, -0.25) is 4.79 Å². The fourth-order valence-electron chi connectivity index (χ4n) is 5.12. The molecule has 1 aliphatic carbocycles. The summed E-state index contributed by atoms with van der Waals surface area (Å²) in [5.74, 6) is -0.266. The lowest BCUT2D eigenvalue weighted by Gasteiger charge is -2.48. The Morgan fingerprint density at radius 3 is 2.54 bits per heavy atom. The molecule has 0 spiro atoms. The Kier molecular flexibility index (Phi) is 4.47. The number of likely N-dealkylation sites (N-methyl/N-ethyl adjacent to an activating group) is 1. The molecule has 1 aliphatic heterocycles. The van der Waals surface area contributed by atoms with Crippen LogP contribution >= 0.6 is 0 Å². The van der Waals surface area contributed by atoms with Crippen molar-refractivity contribution in [3.05, 3.63) is 35.4 Å². The molecule has 24 heavy (non-hydrogen) atoms. The van der Waals surface area contributed by atoms with E-state index in [1.54, 1.807) is 0 Å². The Balaban J connectivity index is 2.00. The van der Waals surface area contributed by atoms with Crippen LogP contribution < -0.4 is 0 Å². The highest BCUT2D eigenvalue weighted by molar-refractivity contribution is 5.80. The molecule has 4 heteroatoms. The van der Waals surface area contributed by atoms with Crippen LogP contribution in [0.1, 0.15) is 44.7 Å². The van der Waals surface area contributed by atoms with Crippen molar-refractivity contribution in [1.82, 2.24) is 9.80 Å². The molecule has 1 N–H and O–H groups in total. The monoisotopic (exact) mass is 330 g/mol. The zero-order valence-electron chi connectivity index (χ0n) is 15.5. The average Bonchev–Trinajstić information content (AvgIpc) is 2.81. The van der Waals surface area contributed by atoms with Crippen LogP contribution in [0.4, 0.5) is 0 Å². The van der Waals surface area contributed by atoms with Gasteiger partial charge in [0.05, 0.1) is 12.0 Å². The summed E-state index contributed by atoms with van der Waals surface area (Å²) in [5, 5.41) is 11.2. The number of nitrogens with zero attached hydrogens (tertiary/aromatic N) is 2. The van der Waals surface area contributed by atoms with E-state index in [0.717, 1.165) is 0 Å². The van der Waals surface area contributed by atoms with E-state index < -0.39 is 6.10 Å². The van der Waals surface area contributed by atoms with E-state index in [9.17, 15) is 9.90 Å². The Morgan fingerprint density at radius 2 is 1.92 bits per heavy atom. The Labute approximate surface area is 145 Å². The van der Waals surface area contributed by atoms with Crippen molar-refractivity contribution in [3.8, 4) is 0 Å². The predicted octanol–water partition coefficient (Wildman–Crippen LogP) is 2.22. The Hall–Kier alpha value is -1.39. The van der Waals surface area contributed by atoms with Crippen molar-refractivity contribution in [2.75, 3.05) is 26.7 Å². The molecule has 132 valence electrons. The van der Waals surface area contributed by atoms with Crippen molar-refractivity contribution in [2.45, 2.75) is 51.2 Å². The molecule has 2 aliphatic rings. The fourth-order valence-corrected chi connectivity index (χ4v) is 5.12. The third kappa shape index (κ3) is 2.39. The number of hydrogen-bond acceptors (Lipinski definition) is 3. The molecule has 1 heterocycles. The second-order valence-corrected chi connectivity index (χ2v) is 7.83. The van der Waals surface area contributed by atoms with Crippen LogP contribution in [0.25, 0.3) is 0 Å². The molecule has 1 fully saturated rings. The highest BCUT2D eigenvalue weighted by atomic mass is 16.3. The molecule has 3 rings (SSSR count). The van der Waals surface area contributed by atoms with Gasteiger partial charge in [0.25, 0.3) is 0 Å². The lowest BCUT2D eigenvalue weighted by atomic mass is 9.73. The van der Waals surface area contributed by atoms with E-state index in [0.29, 0.717) is 19.6 Å². The second-order valence-electron chi connectivity index (χ2n) is 7.83. The first-order chi connectivity index (χ1) is 11.3. The predicted molar refractivity (Wildman–Crippen MR) is 96.1 cm³/mol. The van der Waals surface area contributed by atoms with Crippen molar-refractivity contribution in [3.63, 3.8) is 0 Å². The lowest BCUT2D eigenvalue weighted by molar-refractivity contribution is -0.145. The third-order valence-electron chi connectivity index (χ3n) is 6.23. The molecule has 1 saturated heterocycles. The minimum Gasteiger partial charge on any atom is -0.392 e. The minimum absolute atomic E-state index is 0.000498. The van der Waals surface area contributed by atoms with Gasteiger partial charge in [-0.1, -0.05) is 38.1 Å². The smallest absolute Gasteiger partial charge is 0.229 e. The van der Waals surface area contributed by atoms with Gasteiger partial charge in [-0.2, -0.15) is 0 Å². The van der Waals surface area contributed by atoms with E-state index in [1.165, 1.54) is 11.1 Å². The lowest BCUT2D eigenvalue weighted by Crippen LogP contribution is -2.59. The average molecular weight is 330 g/mol. The maximum Gasteiger partial charge on any atom is 0.229 e. The van der Waals surface area contributed by atoms with Gasteiger partial charge in [-0.15, -0.1) is 0 Å². The van der Waals surface area contributed by atoms with Crippen LogP contribution in [-0.2, 0) is 10.2 Å². The number of carbonyl (C=O) groups excluding carboxylic acids is 1. The second kappa shape index (κ2) is 6.16. The summed E-state index contributed by atoms with van der Waals surface area (Å²) in [7, 11) is 2.10. The van der Waals surface area contributed by atoms with E-state index >= 15 is 0 Å². The Morgan fingerprint density at radius 1 is 1.29 bits per heavy atom. The maximum atomic E-state index is 12.9. The van der Waals surface area contributed by atoms with Gasteiger partial charge in [0.15, 0.2) is 0 Å². The molecule has 4 atom stereocenters. The number of benzene rings is 1. The summed E-state index contributed by atoms with van der Waals surface area (Å²) in [5.41, 5.74) is 2.49. The van der Waals surface area contributed by atoms with Gasteiger partial charge < -0.3 is 14.9 Å². The van der Waals surface area contributed by atoms with Crippen LogP contribution in [0.3, 0.4) is 0 Å². The zero-order chi connectivity index (χ0) is 17.6. The molecule has 1 amide bonds. The Bertz CT molecular complexity index is 624. The van der Waals surface area contributed by atoms with Gasteiger partial charge in [-0.25, -0.2) is 0 Å². The van der Waals surface area contributed by atoms with Gasteiger partial charge in [0.1, 0.15) is 0 Å². The van der Waals surface area contributed by atoms with E-state index in [4.69, 9.17) is 0 Å². The first-order valence-corrected chi connectivity index (χ1v) is 9.11. The molecule has 0 aromatic heterocycles. The summed E-state index contributed by atoms with van der Waals surface area (Å²) in [4.78, 5) is 17.1. The quantitative estimate of drug-likeness (QED) is 0.924. The minimum atomic E-state index is -0.623.